The second kappa shape index (κ2) is 15.4. The largest absolute Gasteiger partial charge is 0.507 e. The van der Waals surface area contributed by atoms with E-state index < -0.39 is 102 Å². The maximum Gasteiger partial charge on any atom is 0.338 e. The Hall–Kier alpha value is -4.24. The number of benzene rings is 2. The van der Waals surface area contributed by atoms with E-state index in [4.69, 9.17) is 43.6 Å². The van der Waals surface area contributed by atoms with Gasteiger partial charge in [0, 0.05) is 55.6 Å². The van der Waals surface area contributed by atoms with Gasteiger partial charge in [0.05, 0.1) is 55.3 Å². The molecule has 2 aliphatic carbocycles. The number of rotatable bonds is 11. The van der Waals surface area contributed by atoms with Gasteiger partial charge in [-0.1, -0.05) is 12.1 Å². The number of aromatic hydroxyl groups is 2. The van der Waals surface area contributed by atoms with E-state index >= 15 is 0 Å². The van der Waals surface area contributed by atoms with Gasteiger partial charge < -0.3 is 64.3 Å². The second-order valence-corrected chi connectivity index (χ2v) is 14.2. The van der Waals surface area contributed by atoms with Gasteiger partial charge in [0.25, 0.3) is 0 Å². The number of nitrogens with two attached hydrogens (primary N) is 1. The maximum absolute atomic E-state index is 14.1. The lowest BCUT2D eigenvalue weighted by molar-refractivity contribution is -0.256. The summed E-state index contributed by atoms with van der Waals surface area (Å²) in [6.45, 7) is 3.60. The summed E-state index contributed by atoms with van der Waals surface area (Å²) in [6, 6.07) is 3.45. The topological polar surface area (TPSA) is 244 Å². The van der Waals surface area contributed by atoms with Crippen molar-refractivity contribution >= 4 is 23.4 Å². The monoisotopic (exact) mass is 771 g/mol. The van der Waals surface area contributed by atoms with E-state index in [1.54, 1.807) is 0 Å². The number of phenolic OH excluding ortho intramolecular Hbond substituents is 2. The molecule has 5 aliphatic rings. The fraction of sp³-hybridized carbons (Fsp3) is 0.568. The highest BCUT2D eigenvalue weighted by atomic mass is 16.7. The van der Waals surface area contributed by atoms with Crippen LogP contribution in [-0.4, -0.2) is 140 Å². The minimum atomic E-state index is -2.36. The third-order valence-corrected chi connectivity index (χ3v) is 10.8. The SMILES string of the molecule is COc1cccc2c1C(=O)c1c(O)c3c(c(O)c1C2=O)C[C@@](O)(C(=O)OCCOCNC(=O)[C@H](C)N)C[C@@H]3O[C@H]1C[C@H]2[C@H](O[C@@H]3[C@@H](OC)OCCN32)[C@H](C)O1. The van der Waals surface area contributed by atoms with Gasteiger partial charge in [-0.15, -0.1) is 0 Å². The van der Waals surface area contributed by atoms with E-state index in [9.17, 15) is 34.5 Å². The highest BCUT2D eigenvalue weighted by Gasteiger charge is 2.55. The van der Waals surface area contributed by atoms with Crippen LogP contribution in [0.2, 0.25) is 0 Å². The molecular formula is C37H45N3O15. The van der Waals surface area contributed by atoms with E-state index in [0.717, 1.165) is 0 Å². The number of carbonyl (C=O) groups is 4. The molecule has 7 rings (SSSR count). The van der Waals surface area contributed by atoms with Crippen molar-refractivity contribution in [1.29, 1.82) is 0 Å². The Labute approximate surface area is 315 Å². The minimum Gasteiger partial charge on any atom is -0.507 e. The average molecular weight is 772 g/mol. The molecule has 0 aromatic heterocycles. The predicted molar refractivity (Wildman–Crippen MR) is 185 cm³/mol. The molecule has 0 unspecified atom stereocenters. The molecule has 55 heavy (non-hydrogen) atoms. The summed E-state index contributed by atoms with van der Waals surface area (Å²) in [5.74, 6) is -4.34. The summed E-state index contributed by atoms with van der Waals surface area (Å²) < 4.78 is 46.3. The molecule has 6 N–H and O–H groups in total. The molecule has 2 aromatic carbocycles. The number of esters is 1. The molecule has 3 heterocycles. The Morgan fingerprint density at radius 1 is 1.09 bits per heavy atom. The molecule has 2 aromatic rings. The number of nitrogens with zero attached hydrogens (tertiary/aromatic N) is 1. The van der Waals surface area contributed by atoms with Crippen LogP contribution < -0.4 is 15.8 Å². The lowest BCUT2D eigenvalue weighted by Gasteiger charge is -2.43. The van der Waals surface area contributed by atoms with Crippen molar-refractivity contribution in [2.75, 3.05) is 47.3 Å². The second-order valence-electron chi connectivity index (χ2n) is 14.2. The number of hydrogen-bond acceptors (Lipinski definition) is 17. The summed E-state index contributed by atoms with van der Waals surface area (Å²) >= 11 is 0. The quantitative estimate of drug-likeness (QED) is 0.0753. The first-order chi connectivity index (χ1) is 26.3. The third-order valence-electron chi connectivity index (χ3n) is 10.8. The number of phenols is 2. The molecule has 1 amide bonds. The van der Waals surface area contributed by atoms with Gasteiger partial charge >= 0.3 is 5.97 Å². The zero-order valence-corrected chi connectivity index (χ0v) is 30.8. The summed E-state index contributed by atoms with van der Waals surface area (Å²) in [5.41, 5.74) is 1.79. The first kappa shape index (κ1) is 39.0. The zero-order chi connectivity index (χ0) is 39.3. The molecule has 9 atom stereocenters. The molecule has 0 spiro atoms. The van der Waals surface area contributed by atoms with E-state index in [-0.39, 0.29) is 66.5 Å². The first-order valence-corrected chi connectivity index (χ1v) is 18.0. The molecule has 3 fully saturated rings. The van der Waals surface area contributed by atoms with Crippen molar-refractivity contribution in [2.45, 2.75) is 87.9 Å². The number of carbonyl (C=O) groups excluding carboxylic acids is 4. The highest BCUT2D eigenvalue weighted by Crippen LogP contribution is 2.53. The number of fused-ring (bicyclic) bond motifs is 6. The fourth-order valence-electron chi connectivity index (χ4n) is 8.17. The van der Waals surface area contributed by atoms with Crippen molar-refractivity contribution in [2.24, 2.45) is 5.73 Å². The summed E-state index contributed by atoms with van der Waals surface area (Å²) in [5, 5.41) is 38.2. The molecule has 0 saturated carbocycles. The van der Waals surface area contributed by atoms with Gasteiger partial charge in [-0.05, 0) is 19.9 Å². The molecular weight excluding hydrogens is 726 g/mol. The van der Waals surface area contributed by atoms with Crippen molar-refractivity contribution in [3.63, 3.8) is 0 Å². The summed E-state index contributed by atoms with van der Waals surface area (Å²) in [6.07, 6.45) is -5.20. The van der Waals surface area contributed by atoms with E-state index in [1.807, 2.05) is 6.92 Å². The van der Waals surface area contributed by atoms with E-state index in [1.165, 1.54) is 39.3 Å². The lowest BCUT2D eigenvalue weighted by atomic mass is 9.73. The Bertz CT molecular complexity index is 1870. The van der Waals surface area contributed by atoms with Crippen LogP contribution in [0.1, 0.15) is 75.8 Å². The predicted octanol–water partition coefficient (Wildman–Crippen LogP) is 0.131. The first-order valence-electron chi connectivity index (χ1n) is 18.0. The smallest absolute Gasteiger partial charge is 0.338 e. The number of nitrogens with one attached hydrogen (secondary N) is 1. The number of hydrogen-bond donors (Lipinski definition) is 5. The van der Waals surface area contributed by atoms with Crippen LogP contribution in [0.4, 0.5) is 0 Å². The number of amides is 1. The third kappa shape index (κ3) is 6.85. The van der Waals surface area contributed by atoms with Crippen LogP contribution in [0.3, 0.4) is 0 Å². The van der Waals surface area contributed by atoms with Crippen molar-refractivity contribution in [3.8, 4) is 17.2 Å². The Balaban J connectivity index is 1.20. The molecule has 0 radical (unpaired) electrons. The van der Waals surface area contributed by atoms with Crippen LogP contribution in [0.5, 0.6) is 17.2 Å². The number of ketones is 2. The van der Waals surface area contributed by atoms with Gasteiger partial charge in [0.15, 0.2) is 30.2 Å². The normalized spacial score (nSPS) is 30.3. The van der Waals surface area contributed by atoms with Crippen molar-refractivity contribution < 1.29 is 72.4 Å². The number of ether oxygens (including phenoxy) is 8. The van der Waals surface area contributed by atoms with E-state index in [0.29, 0.717) is 13.2 Å². The number of aliphatic hydroxyl groups is 1. The Kier molecular flexibility index (Phi) is 10.9. The molecule has 3 saturated heterocycles. The van der Waals surface area contributed by atoms with Gasteiger partial charge in [-0.2, -0.15) is 0 Å². The lowest BCUT2D eigenvalue weighted by Crippen LogP contribution is -2.55. The van der Waals surface area contributed by atoms with Gasteiger partial charge in [-0.25, -0.2) is 4.79 Å². The fourth-order valence-corrected chi connectivity index (χ4v) is 8.17. The average Bonchev–Trinajstić information content (AvgIpc) is 3.55. The molecule has 18 nitrogen and oxygen atoms in total. The van der Waals surface area contributed by atoms with E-state index in [2.05, 4.69) is 10.2 Å². The van der Waals surface area contributed by atoms with Crippen LogP contribution in [0.25, 0.3) is 0 Å². The van der Waals surface area contributed by atoms with Crippen LogP contribution in [0, 0.1) is 0 Å². The minimum absolute atomic E-state index is 0.0584. The standard InChI is InChI=1S/C37H45N3O15/c1-16(38)33(45)39-15-50-10-11-52-36(46)37(47)13-19-25(31(44)27-26(29(19)42)28(41)18-6-5-7-21(48-3)24(18)30(27)43)22(14-37)54-23-12-20-32(17(2)53-23)55-34-35(49-4)51-9-8-40(20)34/h5-7,16-17,20,22-23,32,34-35,42,44,47H,8-15,38H2,1-4H3,(H,39,45)/t16-,17-,20-,22-,23-,32+,34+,35-,37-/m0/s1. The molecule has 3 aliphatic heterocycles. The van der Waals surface area contributed by atoms with Crippen LogP contribution in [0.15, 0.2) is 18.2 Å². The zero-order valence-electron chi connectivity index (χ0n) is 30.8. The molecule has 298 valence electrons. The molecule has 0 bridgehead atoms. The maximum atomic E-state index is 14.1. The van der Waals surface area contributed by atoms with Gasteiger partial charge in [0.1, 0.15) is 36.7 Å². The van der Waals surface area contributed by atoms with Crippen molar-refractivity contribution in [3.05, 3.63) is 51.6 Å². The number of methoxy groups -OCH3 is 2. The van der Waals surface area contributed by atoms with Crippen LogP contribution in [-0.2, 0) is 49.2 Å². The summed E-state index contributed by atoms with van der Waals surface area (Å²) in [4.78, 5) is 55.4. The van der Waals surface area contributed by atoms with Gasteiger partial charge in [-0.3, -0.25) is 19.3 Å². The Morgan fingerprint density at radius 3 is 2.58 bits per heavy atom. The summed E-state index contributed by atoms with van der Waals surface area (Å²) in [7, 11) is 2.87. The Morgan fingerprint density at radius 2 is 1.85 bits per heavy atom. The van der Waals surface area contributed by atoms with Gasteiger partial charge in [0.2, 0.25) is 11.7 Å². The van der Waals surface area contributed by atoms with Crippen LogP contribution >= 0.6 is 0 Å². The number of morpholine rings is 1. The van der Waals surface area contributed by atoms with Crippen molar-refractivity contribution in [1.82, 2.24) is 10.2 Å². The molecule has 18 heteroatoms. The highest BCUT2D eigenvalue weighted by molar-refractivity contribution is 6.31.